The van der Waals surface area contributed by atoms with Gasteiger partial charge in [0.05, 0.1) is 0 Å². The number of rotatable bonds is 1. The van der Waals surface area contributed by atoms with E-state index in [0.717, 1.165) is 5.52 Å². The highest BCUT2D eigenvalue weighted by Crippen LogP contribution is 2.14. The van der Waals surface area contributed by atoms with Crippen LogP contribution in [0, 0.1) is 0 Å². The second kappa shape index (κ2) is 3.25. The molecule has 2 nitrogen and oxygen atoms in total. The third-order valence-corrected chi connectivity index (χ3v) is 2.25. The lowest BCUT2D eigenvalue weighted by Gasteiger charge is -2.03. The summed E-state index contributed by atoms with van der Waals surface area (Å²) < 4.78 is 13.0. The second-order valence-corrected chi connectivity index (χ2v) is 3.23. The highest BCUT2D eigenvalue weighted by atomic mass is 19.1. The van der Waals surface area contributed by atoms with Crippen LogP contribution in [0.5, 0.6) is 0 Å². The largest absolute Gasteiger partial charge is 0.361 e. The number of hydrogen-bond donors (Lipinski definition) is 1. The molecule has 14 heavy (non-hydrogen) atoms. The van der Waals surface area contributed by atoms with E-state index in [1.54, 1.807) is 18.2 Å². The smallest absolute Gasteiger partial charge is 0.195 e. The Kier molecular flexibility index (Phi) is 2.08. The van der Waals surface area contributed by atoms with E-state index in [9.17, 15) is 9.18 Å². The van der Waals surface area contributed by atoms with Crippen LogP contribution in [0.15, 0.2) is 35.3 Å². The van der Waals surface area contributed by atoms with Gasteiger partial charge in [-0.3, -0.25) is 4.79 Å². The van der Waals surface area contributed by atoms with E-state index in [4.69, 9.17) is 0 Å². The second-order valence-electron chi connectivity index (χ2n) is 3.23. The van der Waals surface area contributed by atoms with Crippen LogP contribution < -0.4 is 5.43 Å². The number of pyridine rings is 1. The van der Waals surface area contributed by atoms with Crippen molar-refractivity contribution >= 4 is 10.9 Å². The number of hydrogen-bond acceptors (Lipinski definition) is 1. The number of aromatic nitrogens is 1. The third kappa shape index (κ3) is 1.31. The number of nitrogens with one attached hydrogen (secondary N) is 1. The SMILES string of the molecule is CC(F)c1c[nH]c2ccccc2c1=O. The molecule has 0 spiro atoms. The highest BCUT2D eigenvalue weighted by Gasteiger charge is 2.09. The van der Waals surface area contributed by atoms with E-state index in [-0.39, 0.29) is 11.0 Å². The Labute approximate surface area is 80.4 Å². The van der Waals surface area contributed by atoms with Crippen LogP contribution in [0.4, 0.5) is 4.39 Å². The van der Waals surface area contributed by atoms with Crippen LogP contribution in [0.2, 0.25) is 0 Å². The van der Waals surface area contributed by atoms with Gasteiger partial charge in [0.25, 0.3) is 0 Å². The average molecular weight is 191 g/mol. The molecule has 2 aromatic rings. The molecular formula is C11H10FNO. The van der Waals surface area contributed by atoms with Crippen LogP contribution in [-0.2, 0) is 0 Å². The molecular weight excluding hydrogens is 181 g/mol. The highest BCUT2D eigenvalue weighted by molar-refractivity contribution is 5.78. The molecule has 2 rings (SSSR count). The summed E-state index contributed by atoms with van der Waals surface area (Å²) in [6.07, 6.45) is 0.207. The predicted molar refractivity (Wildman–Crippen MR) is 54.1 cm³/mol. The predicted octanol–water partition coefficient (Wildman–Crippen LogP) is 2.56. The van der Waals surface area contributed by atoms with E-state index in [2.05, 4.69) is 4.98 Å². The molecule has 72 valence electrons. The van der Waals surface area contributed by atoms with Crippen molar-refractivity contribution in [2.24, 2.45) is 0 Å². The van der Waals surface area contributed by atoms with Gasteiger partial charge in [-0.1, -0.05) is 12.1 Å². The van der Waals surface area contributed by atoms with Gasteiger partial charge in [-0.25, -0.2) is 4.39 Å². The van der Waals surface area contributed by atoms with Crippen molar-refractivity contribution in [2.45, 2.75) is 13.1 Å². The fourth-order valence-corrected chi connectivity index (χ4v) is 1.48. The van der Waals surface area contributed by atoms with Crippen LogP contribution in [0.1, 0.15) is 18.7 Å². The summed E-state index contributed by atoms with van der Waals surface area (Å²) >= 11 is 0. The summed E-state index contributed by atoms with van der Waals surface area (Å²) in [7, 11) is 0. The van der Waals surface area contributed by atoms with Gasteiger partial charge in [0.15, 0.2) is 5.43 Å². The normalized spacial score (nSPS) is 13.0. The molecule has 0 aliphatic heterocycles. The zero-order valence-corrected chi connectivity index (χ0v) is 7.75. The van der Waals surface area contributed by atoms with Crippen LogP contribution in [-0.4, -0.2) is 4.98 Å². The topological polar surface area (TPSA) is 32.9 Å². The van der Waals surface area contributed by atoms with Crippen molar-refractivity contribution < 1.29 is 4.39 Å². The summed E-state index contributed by atoms with van der Waals surface area (Å²) in [6, 6.07) is 7.09. The molecule has 0 radical (unpaired) electrons. The maximum atomic E-state index is 13.0. The van der Waals surface area contributed by atoms with E-state index in [1.807, 2.05) is 6.07 Å². The van der Waals surface area contributed by atoms with E-state index in [1.165, 1.54) is 13.1 Å². The Hall–Kier alpha value is -1.64. The summed E-state index contributed by atoms with van der Waals surface area (Å²) in [5.41, 5.74) is 0.694. The quantitative estimate of drug-likeness (QED) is 0.738. The first-order valence-corrected chi connectivity index (χ1v) is 4.44. The maximum Gasteiger partial charge on any atom is 0.195 e. The van der Waals surface area contributed by atoms with Gasteiger partial charge in [0.1, 0.15) is 6.17 Å². The van der Waals surface area contributed by atoms with Gasteiger partial charge in [0, 0.05) is 22.7 Å². The molecule has 0 fully saturated rings. The summed E-state index contributed by atoms with van der Waals surface area (Å²) in [5, 5.41) is 0.537. The van der Waals surface area contributed by atoms with Crippen molar-refractivity contribution in [3.63, 3.8) is 0 Å². The van der Waals surface area contributed by atoms with Gasteiger partial charge in [0.2, 0.25) is 0 Å². The van der Waals surface area contributed by atoms with Crippen LogP contribution in [0.25, 0.3) is 10.9 Å². The number of H-pyrrole nitrogens is 1. The van der Waals surface area contributed by atoms with Crippen molar-refractivity contribution in [1.82, 2.24) is 4.98 Å². The van der Waals surface area contributed by atoms with Gasteiger partial charge in [-0.2, -0.15) is 0 Å². The lowest BCUT2D eigenvalue weighted by atomic mass is 10.1. The lowest BCUT2D eigenvalue weighted by Crippen LogP contribution is -2.10. The minimum Gasteiger partial charge on any atom is -0.361 e. The monoisotopic (exact) mass is 191 g/mol. The molecule has 0 aliphatic carbocycles. The standard InChI is InChI=1S/C11H10FNO/c1-7(12)9-6-13-10-5-3-2-4-8(10)11(9)14/h2-7H,1H3,(H,13,14). The number of para-hydroxylation sites is 1. The van der Waals surface area contributed by atoms with Crippen molar-refractivity contribution in [3.8, 4) is 0 Å². The van der Waals surface area contributed by atoms with Gasteiger partial charge in [-0.05, 0) is 19.1 Å². The molecule has 3 heteroatoms. The lowest BCUT2D eigenvalue weighted by molar-refractivity contribution is 0.372. The Morgan fingerprint density at radius 3 is 2.79 bits per heavy atom. The molecule has 1 aromatic heterocycles. The van der Waals surface area contributed by atoms with Gasteiger partial charge >= 0.3 is 0 Å². The molecule has 1 unspecified atom stereocenters. The number of fused-ring (bicyclic) bond motifs is 1. The van der Waals surface area contributed by atoms with Crippen LogP contribution in [0.3, 0.4) is 0 Å². The van der Waals surface area contributed by atoms with E-state index >= 15 is 0 Å². The molecule has 0 saturated heterocycles. The zero-order chi connectivity index (χ0) is 10.1. The molecule has 0 bridgehead atoms. The Morgan fingerprint density at radius 2 is 2.07 bits per heavy atom. The minimum absolute atomic E-state index is 0.184. The number of benzene rings is 1. The average Bonchev–Trinajstić information content (AvgIpc) is 2.18. The van der Waals surface area contributed by atoms with Crippen molar-refractivity contribution in [3.05, 3.63) is 46.2 Å². The molecule has 0 saturated carbocycles. The number of aromatic amines is 1. The molecule has 1 atom stereocenters. The summed E-state index contributed by atoms with van der Waals surface area (Å²) in [6.45, 7) is 1.36. The van der Waals surface area contributed by atoms with Gasteiger partial charge in [-0.15, -0.1) is 0 Å². The number of halogens is 1. The fraction of sp³-hybridized carbons (Fsp3) is 0.182. The first-order valence-electron chi connectivity index (χ1n) is 4.44. The first-order chi connectivity index (χ1) is 6.70. The molecule has 1 heterocycles. The first kappa shape index (κ1) is 8.94. The zero-order valence-electron chi connectivity index (χ0n) is 7.75. The van der Waals surface area contributed by atoms with Gasteiger partial charge < -0.3 is 4.98 Å². The Balaban J connectivity index is 2.82. The Morgan fingerprint density at radius 1 is 1.36 bits per heavy atom. The molecule has 0 amide bonds. The van der Waals surface area contributed by atoms with E-state index < -0.39 is 6.17 Å². The number of alkyl halides is 1. The fourth-order valence-electron chi connectivity index (χ4n) is 1.48. The molecule has 1 aromatic carbocycles. The molecule has 1 N–H and O–H groups in total. The van der Waals surface area contributed by atoms with E-state index in [0.29, 0.717) is 5.39 Å². The van der Waals surface area contributed by atoms with Crippen molar-refractivity contribution in [2.75, 3.05) is 0 Å². The maximum absolute atomic E-state index is 13.0. The summed E-state index contributed by atoms with van der Waals surface area (Å²) in [5.74, 6) is 0. The summed E-state index contributed by atoms with van der Waals surface area (Å²) in [4.78, 5) is 14.6. The Bertz CT molecular complexity index is 516. The van der Waals surface area contributed by atoms with Crippen molar-refractivity contribution in [1.29, 1.82) is 0 Å². The van der Waals surface area contributed by atoms with Crippen LogP contribution >= 0.6 is 0 Å². The minimum atomic E-state index is -1.23. The molecule has 0 aliphatic rings. The third-order valence-electron chi connectivity index (χ3n) is 2.25.